The van der Waals surface area contributed by atoms with E-state index < -0.39 is 0 Å². The van der Waals surface area contributed by atoms with Crippen molar-refractivity contribution in [2.75, 3.05) is 0 Å². The summed E-state index contributed by atoms with van der Waals surface area (Å²) in [7, 11) is 0. The van der Waals surface area contributed by atoms with E-state index in [4.69, 9.17) is 11.6 Å². The Bertz CT molecular complexity index is 1210. The summed E-state index contributed by atoms with van der Waals surface area (Å²) in [6, 6.07) is 29.6. The second kappa shape index (κ2) is 5.12. The summed E-state index contributed by atoms with van der Waals surface area (Å²) in [6.07, 6.45) is 0. The fourth-order valence-corrected chi connectivity index (χ4v) is 3.77. The highest BCUT2D eigenvalue weighted by molar-refractivity contribution is 6.31. The third kappa shape index (κ3) is 1.88. The maximum absolute atomic E-state index is 6.31. The van der Waals surface area contributed by atoms with Crippen LogP contribution in [-0.4, -0.2) is 4.57 Å². The van der Waals surface area contributed by atoms with Gasteiger partial charge in [-0.05, 0) is 29.7 Å². The van der Waals surface area contributed by atoms with Crippen LogP contribution >= 0.6 is 11.6 Å². The molecule has 0 saturated carbocycles. The lowest BCUT2D eigenvalue weighted by atomic mass is 10.1. The van der Waals surface area contributed by atoms with Gasteiger partial charge in [0.25, 0.3) is 0 Å². The molecule has 0 fully saturated rings. The average molecular weight is 328 g/mol. The highest BCUT2D eigenvalue weighted by Crippen LogP contribution is 2.35. The molecule has 0 unspecified atom stereocenters. The molecule has 5 aromatic rings. The first kappa shape index (κ1) is 13.6. The van der Waals surface area contributed by atoms with Crippen molar-refractivity contribution in [2.45, 2.75) is 0 Å². The van der Waals surface area contributed by atoms with Crippen LogP contribution in [0.25, 0.3) is 38.3 Å². The Balaban J connectivity index is 2.03. The molecule has 0 saturated heterocycles. The highest BCUT2D eigenvalue weighted by Gasteiger charge is 2.13. The molecule has 1 aromatic heterocycles. The zero-order valence-corrected chi connectivity index (χ0v) is 13.7. The third-order valence-electron chi connectivity index (χ3n) is 4.64. The Labute approximate surface area is 144 Å². The van der Waals surface area contributed by atoms with Gasteiger partial charge in [0.1, 0.15) is 0 Å². The molecule has 1 heterocycles. The molecule has 4 aromatic carbocycles. The second-order valence-electron chi connectivity index (χ2n) is 6.01. The van der Waals surface area contributed by atoms with Gasteiger partial charge in [0.2, 0.25) is 0 Å². The molecular formula is C22H14ClN. The van der Waals surface area contributed by atoms with E-state index in [9.17, 15) is 0 Å². The van der Waals surface area contributed by atoms with E-state index in [1.54, 1.807) is 0 Å². The third-order valence-corrected chi connectivity index (χ3v) is 4.88. The van der Waals surface area contributed by atoms with Crippen molar-refractivity contribution in [2.24, 2.45) is 0 Å². The van der Waals surface area contributed by atoms with Gasteiger partial charge in [-0.1, -0.05) is 72.3 Å². The number of rotatable bonds is 1. The van der Waals surface area contributed by atoms with Crippen LogP contribution in [0.2, 0.25) is 5.02 Å². The van der Waals surface area contributed by atoms with Crippen LogP contribution in [0, 0.1) is 0 Å². The first-order chi connectivity index (χ1) is 11.8. The lowest BCUT2D eigenvalue weighted by molar-refractivity contribution is 1.20. The van der Waals surface area contributed by atoms with Gasteiger partial charge in [-0.2, -0.15) is 0 Å². The van der Waals surface area contributed by atoms with E-state index >= 15 is 0 Å². The van der Waals surface area contributed by atoms with Gasteiger partial charge in [-0.15, -0.1) is 0 Å². The fraction of sp³-hybridized carbons (Fsp3) is 0. The van der Waals surface area contributed by atoms with Gasteiger partial charge in [-0.25, -0.2) is 0 Å². The first-order valence-corrected chi connectivity index (χ1v) is 8.37. The molecule has 0 aliphatic heterocycles. The lowest BCUT2D eigenvalue weighted by Crippen LogP contribution is -1.94. The van der Waals surface area contributed by atoms with Crippen LogP contribution in [0.3, 0.4) is 0 Å². The summed E-state index contributed by atoms with van der Waals surface area (Å²) in [5.41, 5.74) is 3.52. The van der Waals surface area contributed by atoms with E-state index in [2.05, 4.69) is 83.4 Å². The predicted molar refractivity (Wildman–Crippen MR) is 103 cm³/mol. The number of fused-ring (bicyclic) bond motifs is 4. The largest absolute Gasteiger partial charge is 0.309 e. The summed E-state index contributed by atoms with van der Waals surface area (Å²) >= 11 is 6.31. The van der Waals surface area contributed by atoms with Crippen molar-refractivity contribution >= 4 is 44.2 Å². The van der Waals surface area contributed by atoms with E-state index in [1.807, 2.05) is 6.07 Å². The molecule has 0 atom stereocenters. The fourth-order valence-electron chi connectivity index (χ4n) is 3.61. The van der Waals surface area contributed by atoms with Gasteiger partial charge in [-0.3, -0.25) is 0 Å². The SMILES string of the molecule is Clc1ccc2c3ccccc3n(-c3cccc4ccccc34)c2c1. The van der Waals surface area contributed by atoms with E-state index in [1.165, 1.54) is 32.7 Å². The van der Waals surface area contributed by atoms with Gasteiger partial charge < -0.3 is 4.57 Å². The van der Waals surface area contributed by atoms with Crippen LogP contribution in [0.5, 0.6) is 0 Å². The van der Waals surface area contributed by atoms with Crippen LogP contribution in [0.15, 0.2) is 84.9 Å². The normalized spacial score (nSPS) is 11.5. The Kier molecular flexibility index (Phi) is 2.91. The monoisotopic (exact) mass is 327 g/mol. The minimum atomic E-state index is 0.756. The van der Waals surface area contributed by atoms with Crippen LogP contribution in [0.4, 0.5) is 0 Å². The molecule has 1 nitrogen and oxygen atoms in total. The number of benzene rings is 4. The smallest absolute Gasteiger partial charge is 0.0556 e. The molecule has 114 valence electrons. The number of aromatic nitrogens is 1. The van der Waals surface area contributed by atoms with Crippen LogP contribution < -0.4 is 0 Å². The standard InChI is InChI=1S/C22H14ClN/c23-16-12-13-19-18-9-3-4-10-21(18)24(22(19)14-16)20-11-5-7-15-6-1-2-8-17(15)20/h1-14H. The predicted octanol–water partition coefficient (Wildman–Crippen LogP) is 6.59. The van der Waals surface area contributed by atoms with E-state index in [0.29, 0.717) is 0 Å². The van der Waals surface area contributed by atoms with E-state index in [0.717, 1.165) is 10.5 Å². The van der Waals surface area contributed by atoms with Crippen molar-refractivity contribution in [3.63, 3.8) is 0 Å². The summed E-state index contributed by atoms with van der Waals surface area (Å²) in [5, 5.41) is 5.71. The molecule has 0 amide bonds. The quantitative estimate of drug-likeness (QED) is 0.327. The molecule has 2 heteroatoms. The van der Waals surface area contributed by atoms with Crippen molar-refractivity contribution in [1.82, 2.24) is 4.57 Å². The summed E-state index contributed by atoms with van der Waals surface area (Å²) in [6.45, 7) is 0. The lowest BCUT2D eigenvalue weighted by Gasteiger charge is -2.11. The van der Waals surface area contributed by atoms with Gasteiger partial charge >= 0.3 is 0 Å². The Hall–Kier alpha value is -2.77. The van der Waals surface area contributed by atoms with Crippen molar-refractivity contribution in [3.05, 3.63) is 90.0 Å². The van der Waals surface area contributed by atoms with Crippen molar-refractivity contribution < 1.29 is 0 Å². The van der Waals surface area contributed by atoms with Crippen molar-refractivity contribution in [3.8, 4) is 5.69 Å². The maximum atomic E-state index is 6.31. The van der Waals surface area contributed by atoms with Crippen LogP contribution in [0.1, 0.15) is 0 Å². The highest BCUT2D eigenvalue weighted by atomic mass is 35.5. The summed E-state index contributed by atoms with van der Waals surface area (Å²) in [5.74, 6) is 0. The zero-order valence-electron chi connectivity index (χ0n) is 12.9. The topological polar surface area (TPSA) is 4.93 Å². The second-order valence-corrected chi connectivity index (χ2v) is 6.45. The number of para-hydroxylation sites is 1. The summed E-state index contributed by atoms with van der Waals surface area (Å²) in [4.78, 5) is 0. The van der Waals surface area contributed by atoms with Gasteiger partial charge in [0, 0.05) is 21.2 Å². The Morgan fingerprint density at radius 1 is 0.583 bits per heavy atom. The minimum absolute atomic E-state index is 0.756. The van der Waals surface area contributed by atoms with Crippen LogP contribution in [-0.2, 0) is 0 Å². The molecule has 24 heavy (non-hydrogen) atoms. The number of hydrogen-bond acceptors (Lipinski definition) is 0. The maximum Gasteiger partial charge on any atom is 0.0556 e. The molecule has 0 spiro atoms. The average Bonchev–Trinajstić information content (AvgIpc) is 2.94. The molecule has 0 radical (unpaired) electrons. The number of halogens is 1. The number of hydrogen-bond donors (Lipinski definition) is 0. The van der Waals surface area contributed by atoms with Gasteiger partial charge in [0.05, 0.1) is 16.7 Å². The number of nitrogens with zero attached hydrogens (tertiary/aromatic N) is 1. The zero-order chi connectivity index (χ0) is 16.1. The molecular weight excluding hydrogens is 314 g/mol. The van der Waals surface area contributed by atoms with Gasteiger partial charge in [0.15, 0.2) is 0 Å². The molecule has 0 aliphatic carbocycles. The Morgan fingerprint density at radius 2 is 1.29 bits per heavy atom. The Morgan fingerprint density at radius 3 is 2.21 bits per heavy atom. The molecule has 0 aliphatic rings. The minimum Gasteiger partial charge on any atom is -0.309 e. The molecule has 5 rings (SSSR count). The molecule has 0 N–H and O–H groups in total. The van der Waals surface area contributed by atoms with Crippen molar-refractivity contribution in [1.29, 1.82) is 0 Å². The van der Waals surface area contributed by atoms with E-state index in [-0.39, 0.29) is 0 Å². The molecule has 0 bridgehead atoms. The first-order valence-electron chi connectivity index (χ1n) is 8.00. The summed E-state index contributed by atoms with van der Waals surface area (Å²) < 4.78 is 2.32.